The fraction of sp³-hybridized carbons (Fsp3) is 0.435. The first kappa shape index (κ1) is 25.4. The van der Waals surface area contributed by atoms with E-state index in [2.05, 4.69) is 5.32 Å². The van der Waals surface area contributed by atoms with Crippen LogP contribution < -0.4 is 5.32 Å². The van der Waals surface area contributed by atoms with Gasteiger partial charge in [-0.3, -0.25) is 4.79 Å². The lowest BCUT2D eigenvalue weighted by Gasteiger charge is -2.20. The van der Waals surface area contributed by atoms with Crippen molar-refractivity contribution in [3.05, 3.63) is 53.1 Å². The Morgan fingerprint density at radius 1 is 0.939 bits per heavy atom. The van der Waals surface area contributed by atoms with Gasteiger partial charge < -0.3 is 5.32 Å². The van der Waals surface area contributed by atoms with Gasteiger partial charge in [0.25, 0.3) is 5.91 Å². The molecule has 0 radical (unpaired) electrons. The summed E-state index contributed by atoms with van der Waals surface area (Å²) in [5.41, 5.74) is 2.18. The number of amides is 1. The minimum Gasteiger partial charge on any atom is -0.322 e. The molecular weight excluding hydrogens is 462 g/mol. The van der Waals surface area contributed by atoms with Crippen molar-refractivity contribution in [1.82, 2.24) is 8.61 Å². The largest absolute Gasteiger partial charge is 0.322 e. The standard InChI is InChI=1S/C23H31N3O5S2/c1-5-25(6-2)33(30,31)21-15-17(3)18(4)22(16-21)24-23(27)19-9-11-20(12-10-19)32(28,29)26-13-7-8-14-26/h9-12,15-16H,5-8,13-14H2,1-4H3,(H,24,27). The molecule has 33 heavy (non-hydrogen) atoms. The number of hydrogen-bond acceptors (Lipinski definition) is 5. The van der Waals surface area contributed by atoms with Crippen molar-refractivity contribution >= 4 is 31.6 Å². The average molecular weight is 494 g/mol. The lowest BCUT2D eigenvalue weighted by molar-refractivity contribution is 0.102. The molecule has 0 aliphatic carbocycles. The molecule has 1 heterocycles. The van der Waals surface area contributed by atoms with Crippen LogP contribution in [0.1, 0.15) is 48.2 Å². The molecule has 0 saturated carbocycles. The van der Waals surface area contributed by atoms with E-state index in [0.29, 0.717) is 31.9 Å². The molecule has 0 aromatic heterocycles. The van der Waals surface area contributed by atoms with Crippen molar-refractivity contribution in [3.8, 4) is 0 Å². The van der Waals surface area contributed by atoms with Crippen LogP contribution in [0.15, 0.2) is 46.2 Å². The molecule has 2 aromatic rings. The molecule has 0 unspecified atom stereocenters. The van der Waals surface area contributed by atoms with E-state index in [4.69, 9.17) is 0 Å². The molecule has 180 valence electrons. The van der Waals surface area contributed by atoms with Gasteiger partial charge in [0.05, 0.1) is 9.79 Å². The number of carbonyl (C=O) groups excluding carboxylic acids is 1. The van der Waals surface area contributed by atoms with Gasteiger partial charge in [0, 0.05) is 37.4 Å². The second-order valence-electron chi connectivity index (χ2n) is 8.09. The molecule has 0 bridgehead atoms. The van der Waals surface area contributed by atoms with Crippen LogP contribution >= 0.6 is 0 Å². The van der Waals surface area contributed by atoms with Gasteiger partial charge in [-0.15, -0.1) is 0 Å². The lowest BCUT2D eigenvalue weighted by Crippen LogP contribution is -2.30. The summed E-state index contributed by atoms with van der Waals surface area (Å²) >= 11 is 0. The Morgan fingerprint density at radius 3 is 2.06 bits per heavy atom. The first-order valence-corrected chi connectivity index (χ1v) is 13.9. The van der Waals surface area contributed by atoms with E-state index < -0.39 is 26.0 Å². The number of nitrogens with one attached hydrogen (secondary N) is 1. The highest BCUT2D eigenvalue weighted by Gasteiger charge is 2.27. The summed E-state index contributed by atoms with van der Waals surface area (Å²) in [5, 5.41) is 2.79. The average Bonchev–Trinajstić information content (AvgIpc) is 3.33. The van der Waals surface area contributed by atoms with Gasteiger partial charge in [-0.2, -0.15) is 8.61 Å². The topological polar surface area (TPSA) is 104 Å². The van der Waals surface area contributed by atoms with Crippen molar-refractivity contribution in [2.45, 2.75) is 50.3 Å². The molecule has 1 aliphatic rings. The molecule has 0 atom stereocenters. The summed E-state index contributed by atoms with van der Waals surface area (Å²) in [6.07, 6.45) is 1.70. The van der Waals surface area contributed by atoms with Crippen molar-refractivity contribution in [1.29, 1.82) is 0 Å². The number of nitrogens with zero attached hydrogens (tertiary/aromatic N) is 2. The number of rotatable bonds is 8. The van der Waals surface area contributed by atoms with Gasteiger partial charge in [-0.05, 0) is 74.2 Å². The Bertz CT molecular complexity index is 1230. The van der Waals surface area contributed by atoms with Crippen LogP contribution in [0.25, 0.3) is 0 Å². The number of hydrogen-bond donors (Lipinski definition) is 1. The second-order valence-corrected chi connectivity index (χ2v) is 12.0. The first-order valence-electron chi connectivity index (χ1n) is 11.0. The second kappa shape index (κ2) is 9.92. The van der Waals surface area contributed by atoms with E-state index in [9.17, 15) is 21.6 Å². The summed E-state index contributed by atoms with van der Waals surface area (Å²) in [5.74, 6) is -0.444. The number of aryl methyl sites for hydroxylation is 1. The lowest BCUT2D eigenvalue weighted by atomic mass is 10.1. The smallest absolute Gasteiger partial charge is 0.255 e. The third kappa shape index (κ3) is 5.13. The molecular formula is C23H31N3O5S2. The SMILES string of the molecule is CCN(CC)S(=O)(=O)c1cc(C)c(C)c(NC(=O)c2ccc(S(=O)(=O)N3CCCC3)cc2)c1. The van der Waals surface area contributed by atoms with Crippen LogP contribution in [0.5, 0.6) is 0 Å². The molecule has 0 spiro atoms. The third-order valence-electron chi connectivity index (χ3n) is 6.05. The molecule has 10 heteroatoms. The molecule has 3 rings (SSSR count). The Labute approximate surface area is 196 Å². The van der Waals surface area contributed by atoms with Gasteiger partial charge in [-0.1, -0.05) is 13.8 Å². The summed E-state index contributed by atoms with van der Waals surface area (Å²) in [7, 11) is -7.24. The van der Waals surface area contributed by atoms with Crippen LogP contribution in [0, 0.1) is 13.8 Å². The van der Waals surface area contributed by atoms with Gasteiger partial charge >= 0.3 is 0 Å². The van der Waals surface area contributed by atoms with Gasteiger partial charge in [-0.25, -0.2) is 16.8 Å². The fourth-order valence-corrected chi connectivity index (χ4v) is 6.96. The molecule has 8 nitrogen and oxygen atoms in total. The van der Waals surface area contributed by atoms with Crippen molar-refractivity contribution in [2.24, 2.45) is 0 Å². The highest BCUT2D eigenvalue weighted by atomic mass is 32.2. The number of anilines is 1. The zero-order valence-corrected chi connectivity index (χ0v) is 21.1. The maximum Gasteiger partial charge on any atom is 0.255 e. The number of benzene rings is 2. The maximum absolute atomic E-state index is 13.0. The van der Waals surface area contributed by atoms with Crippen molar-refractivity contribution in [3.63, 3.8) is 0 Å². The van der Waals surface area contributed by atoms with E-state index in [1.54, 1.807) is 26.8 Å². The monoisotopic (exact) mass is 493 g/mol. The quantitative estimate of drug-likeness (QED) is 0.607. The van der Waals surface area contributed by atoms with Crippen LogP contribution in [0.3, 0.4) is 0 Å². The minimum atomic E-state index is -3.68. The first-order chi connectivity index (χ1) is 15.5. The highest BCUT2D eigenvalue weighted by Crippen LogP contribution is 2.27. The van der Waals surface area contributed by atoms with Crippen molar-refractivity contribution < 1.29 is 21.6 Å². The zero-order valence-electron chi connectivity index (χ0n) is 19.5. The van der Waals surface area contributed by atoms with Gasteiger partial charge in [0.15, 0.2) is 0 Å². The fourth-order valence-electron chi connectivity index (χ4n) is 3.87. The van der Waals surface area contributed by atoms with E-state index in [1.165, 1.54) is 38.9 Å². The Morgan fingerprint density at radius 2 is 1.52 bits per heavy atom. The van der Waals surface area contributed by atoms with E-state index in [1.807, 2.05) is 6.92 Å². The summed E-state index contributed by atoms with van der Waals surface area (Å²) < 4.78 is 54.1. The Hall–Kier alpha value is -2.27. The van der Waals surface area contributed by atoms with Gasteiger partial charge in [0.2, 0.25) is 20.0 Å². The normalized spacial score (nSPS) is 15.2. The molecule has 1 fully saturated rings. The number of sulfonamides is 2. The maximum atomic E-state index is 13.0. The summed E-state index contributed by atoms with van der Waals surface area (Å²) in [4.78, 5) is 13.1. The highest BCUT2D eigenvalue weighted by molar-refractivity contribution is 7.89. The number of carbonyl (C=O) groups is 1. The molecule has 1 N–H and O–H groups in total. The van der Waals surface area contributed by atoms with E-state index >= 15 is 0 Å². The molecule has 1 amide bonds. The summed E-state index contributed by atoms with van der Waals surface area (Å²) in [6, 6.07) is 8.88. The predicted octanol–water partition coefficient (Wildman–Crippen LogP) is 3.37. The zero-order chi connectivity index (χ0) is 24.4. The Kier molecular flexibility index (Phi) is 7.62. The molecule has 2 aromatic carbocycles. The van der Waals surface area contributed by atoms with Crippen molar-refractivity contribution in [2.75, 3.05) is 31.5 Å². The third-order valence-corrected chi connectivity index (χ3v) is 9.99. The Balaban J connectivity index is 1.86. The van der Waals surface area contributed by atoms with Crippen LogP contribution in [0.2, 0.25) is 0 Å². The van der Waals surface area contributed by atoms with E-state index in [0.717, 1.165) is 24.0 Å². The van der Waals surface area contributed by atoms with E-state index in [-0.39, 0.29) is 15.4 Å². The van der Waals surface area contributed by atoms with Crippen LogP contribution in [-0.2, 0) is 20.0 Å². The molecule has 1 saturated heterocycles. The minimum absolute atomic E-state index is 0.122. The summed E-state index contributed by atoms with van der Waals surface area (Å²) in [6.45, 7) is 8.87. The van der Waals surface area contributed by atoms with Gasteiger partial charge in [0.1, 0.15) is 0 Å². The van der Waals surface area contributed by atoms with Crippen LogP contribution in [0.4, 0.5) is 5.69 Å². The molecule has 1 aliphatic heterocycles. The predicted molar refractivity (Wildman–Crippen MR) is 128 cm³/mol. The van der Waals surface area contributed by atoms with Crippen LogP contribution in [-0.4, -0.2) is 57.5 Å².